The topological polar surface area (TPSA) is 106 Å². The van der Waals surface area contributed by atoms with Crippen molar-refractivity contribution in [2.45, 2.75) is 0 Å². The summed E-state index contributed by atoms with van der Waals surface area (Å²) in [4.78, 5) is 17.9. The van der Waals surface area contributed by atoms with E-state index in [2.05, 4.69) is 9.97 Å². The Morgan fingerprint density at radius 3 is 2.62 bits per heavy atom. The van der Waals surface area contributed by atoms with Crippen molar-refractivity contribution in [2.24, 2.45) is 0 Å². The van der Waals surface area contributed by atoms with Crippen LogP contribution in [0.3, 0.4) is 0 Å². The number of H-pyrrole nitrogens is 1. The highest BCUT2D eigenvalue weighted by molar-refractivity contribution is 7.13. The number of thiazole rings is 1. The molecule has 7 heteroatoms. The average Bonchev–Trinajstić information content (AvgIpc) is 3.09. The molecule has 0 aliphatic heterocycles. The normalized spacial score (nSPS) is 10.7. The van der Waals surface area contributed by atoms with Gasteiger partial charge in [0, 0.05) is 22.7 Å². The molecule has 4 N–H and O–H groups in total. The number of benzene rings is 1. The first kappa shape index (κ1) is 13.2. The quantitative estimate of drug-likeness (QED) is 0.557. The van der Waals surface area contributed by atoms with Gasteiger partial charge in [-0.05, 0) is 24.3 Å². The molecular weight excluding hydrogens is 292 g/mol. The smallest absolute Gasteiger partial charge is 0.352 e. The number of phenolic OH excluding ortho intramolecular Hbond substituents is 2. The Morgan fingerprint density at radius 1 is 1.14 bits per heavy atom. The fourth-order valence-corrected chi connectivity index (χ4v) is 2.69. The first-order valence-electron chi connectivity index (χ1n) is 5.94. The number of hydrogen-bond donors (Lipinski definition) is 4. The Labute approximate surface area is 123 Å². The van der Waals surface area contributed by atoms with Gasteiger partial charge in [0.1, 0.15) is 10.7 Å². The van der Waals surface area contributed by atoms with E-state index in [-0.39, 0.29) is 17.2 Å². The van der Waals surface area contributed by atoms with E-state index in [1.54, 1.807) is 17.6 Å². The third-order valence-electron chi connectivity index (χ3n) is 2.94. The third-order valence-corrected chi connectivity index (χ3v) is 3.83. The Morgan fingerprint density at radius 2 is 1.95 bits per heavy atom. The van der Waals surface area contributed by atoms with Crippen molar-refractivity contribution in [1.82, 2.24) is 9.97 Å². The molecule has 0 atom stereocenters. The maximum absolute atomic E-state index is 10.8. The van der Waals surface area contributed by atoms with Gasteiger partial charge in [-0.3, -0.25) is 0 Å². The molecule has 0 spiro atoms. The molecule has 0 fully saturated rings. The zero-order valence-corrected chi connectivity index (χ0v) is 11.4. The third kappa shape index (κ3) is 2.46. The second-order valence-corrected chi connectivity index (χ2v) is 5.21. The molecule has 106 valence electrons. The molecule has 0 unspecified atom stereocenters. The summed E-state index contributed by atoms with van der Waals surface area (Å²) < 4.78 is 0. The van der Waals surface area contributed by atoms with Gasteiger partial charge in [-0.2, -0.15) is 0 Å². The van der Waals surface area contributed by atoms with Crippen molar-refractivity contribution in [1.29, 1.82) is 0 Å². The van der Waals surface area contributed by atoms with Crippen LogP contribution < -0.4 is 0 Å². The van der Waals surface area contributed by atoms with Gasteiger partial charge < -0.3 is 20.3 Å². The van der Waals surface area contributed by atoms with Crippen LogP contribution in [0.5, 0.6) is 11.5 Å². The van der Waals surface area contributed by atoms with Gasteiger partial charge in [0.25, 0.3) is 0 Å². The standard InChI is InChI=1S/C14H10N2O4S/c17-11-2-1-7(4-12(11)18)13-16-10(6-21-13)8-3-9(14(19)20)15-5-8/h1-6,15,17-18H,(H,19,20). The van der Waals surface area contributed by atoms with Gasteiger partial charge in [0.15, 0.2) is 11.5 Å². The highest BCUT2D eigenvalue weighted by atomic mass is 32.1. The molecule has 0 aliphatic rings. The van der Waals surface area contributed by atoms with Crippen molar-refractivity contribution in [3.63, 3.8) is 0 Å². The molecule has 2 aromatic heterocycles. The fraction of sp³-hybridized carbons (Fsp3) is 0. The predicted octanol–water partition coefficient (Wildman–Crippen LogP) is 2.91. The highest BCUT2D eigenvalue weighted by Crippen LogP contribution is 2.34. The molecule has 0 amide bonds. The number of carboxylic acids is 1. The number of aromatic nitrogens is 2. The SMILES string of the molecule is O=C(O)c1cc(-c2csc(-c3ccc(O)c(O)c3)n2)c[nH]1. The number of nitrogens with zero attached hydrogens (tertiary/aromatic N) is 1. The number of carbonyl (C=O) groups is 1. The number of hydrogen-bond acceptors (Lipinski definition) is 5. The lowest BCUT2D eigenvalue weighted by molar-refractivity contribution is 0.0691. The summed E-state index contributed by atoms with van der Waals surface area (Å²) in [7, 11) is 0. The first-order valence-corrected chi connectivity index (χ1v) is 6.82. The summed E-state index contributed by atoms with van der Waals surface area (Å²) in [6.45, 7) is 0. The van der Waals surface area contributed by atoms with Crippen LogP contribution >= 0.6 is 11.3 Å². The number of aromatic carboxylic acids is 1. The van der Waals surface area contributed by atoms with Gasteiger partial charge in [0.05, 0.1) is 5.69 Å². The van der Waals surface area contributed by atoms with E-state index in [4.69, 9.17) is 5.11 Å². The summed E-state index contributed by atoms with van der Waals surface area (Å²) in [5, 5.41) is 30.2. The van der Waals surface area contributed by atoms with Crippen molar-refractivity contribution in [3.8, 4) is 33.3 Å². The van der Waals surface area contributed by atoms with Gasteiger partial charge in [-0.15, -0.1) is 11.3 Å². The molecule has 3 rings (SSSR count). The summed E-state index contributed by atoms with van der Waals surface area (Å²) in [5.74, 6) is -1.42. The van der Waals surface area contributed by atoms with Crippen LogP contribution in [-0.4, -0.2) is 31.3 Å². The van der Waals surface area contributed by atoms with Crippen LogP contribution in [0, 0.1) is 0 Å². The number of nitrogens with one attached hydrogen (secondary N) is 1. The van der Waals surface area contributed by atoms with E-state index in [1.165, 1.54) is 29.5 Å². The van der Waals surface area contributed by atoms with Crippen LogP contribution in [-0.2, 0) is 0 Å². The summed E-state index contributed by atoms with van der Waals surface area (Å²) in [6, 6.07) is 5.98. The van der Waals surface area contributed by atoms with Crippen LogP contribution in [0.2, 0.25) is 0 Å². The van der Waals surface area contributed by atoms with Crippen LogP contribution in [0.4, 0.5) is 0 Å². The molecule has 1 aromatic carbocycles. The zero-order chi connectivity index (χ0) is 15.0. The Bertz CT molecular complexity index is 822. The summed E-state index contributed by atoms with van der Waals surface area (Å²) >= 11 is 1.36. The lowest BCUT2D eigenvalue weighted by Crippen LogP contribution is -1.94. The minimum atomic E-state index is -1.03. The van der Waals surface area contributed by atoms with E-state index in [9.17, 15) is 15.0 Å². The molecular formula is C14H10N2O4S. The maximum atomic E-state index is 10.8. The van der Waals surface area contributed by atoms with Crippen LogP contribution in [0.25, 0.3) is 21.8 Å². The zero-order valence-electron chi connectivity index (χ0n) is 10.6. The van der Waals surface area contributed by atoms with E-state index in [0.717, 1.165) is 0 Å². The van der Waals surface area contributed by atoms with Gasteiger partial charge in [-0.1, -0.05) is 0 Å². The predicted molar refractivity (Wildman–Crippen MR) is 77.6 cm³/mol. The fourth-order valence-electron chi connectivity index (χ4n) is 1.86. The largest absolute Gasteiger partial charge is 0.504 e. The summed E-state index contributed by atoms with van der Waals surface area (Å²) in [6.07, 6.45) is 1.58. The number of phenols is 2. The van der Waals surface area contributed by atoms with E-state index < -0.39 is 5.97 Å². The van der Waals surface area contributed by atoms with Gasteiger partial charge >= 0.3 is 5.97 Å². The second kappa shape index (κ2) is 4.95. The average molecular weight is 302 g/mol. The van der Waals surface area contributed by atoms with Crippen LogP contribution in [0.1, 0.15) is 10.5 Å². The van der Waals surface area contributed by atoms with Crippen molar-refractivity contribution >= 4 is 17.3 Å². The molecule has 0 bridgehead atoms. The van der Waals surface area contributed by atoms with E-state index in [0.29, 0.717) is 21.8 Å². The minimum Gasteiger partial charge on any atom is -0.504 e. The monoisotopic (exact) mass is 302 g/mol. The molecule has 0 aliphatic carbocycles. The molecule has 0 saturated carbocycles. The van der Waals surface area contributed by atoms with Crippen molar-refractivity contribution in [3.05, 3.63) is 41.5 Å². The Balaban J connectivity index is 1.95. The second-order valence-electron chi connectivity index (χ2n) is 4.35. The molecule has 2 heterocycles. The lowest BCUT2D eigenvalue weighted by atomic mass is 10.2. The molecule has 21 heavy (non-hydrogen) atoms. The minimum absolute atomic E-state index is 0.0989. The highest BCUT2D eigenvalue weighted by Gasteiger charge is 2.12. The number of carboxylic acid groups (broad SMARTS) is 1. The number of aromatic amines is 1. The van der Waals surface area contributed by atoms with Gasteiger partial charge in [0.2, 0.25) is 0 Å². The number of aromatic hydroxyl groups is 2. The maximum Gasteiger partial charge on any atom is 0.352 e. The molecule has 6 nitrogen and oxygen atoms in total. The van der Waals surface area contributed by atoms with Crippen molar-refractivity contribution < 1.29 is 20.1 Å². The first-order chi connectivity index (χ1) is 10.0. The van der Waals surface area contributed by atoms with E-state index >= 15 is 0 Å². The Hall–Kier alpha value is -2.80. The number of rotatable bonds is 3. The lowest BCUT2D eigenvalue weighted by Gasteiger charge is -1.99. The van der Waals surface area contributed by atoms with Crippen LogP contribution in [0.15, 0.2) is 35.8 Å². The molecule has 0 radical (unpaired) electrons. The summed E-state index contributed by atoms with van der Waals surface area (Å²) in [5.41, 5.74) is 2.10. The molecule has 0 saturated heterocycles. The molecule has 3 aromatic rings. The van der Waals surface area contributed by atoms with Crippen molar-refractivity contribution in [2.75, 3.05) is 0 Å². The van der Waals surface area contributed by atoms with E-state index in [1.807, 2.05) is 0 Å². The van der Waals surface area contributed by atoms with Gasteiger partial charge in [-0.25, -0.2) is 9.78 Å². The Kier molecular flexibility index (Phi) is 3.11.